The van der Waals surface area contributed by atoms with E-state index in [-0.39, 0.29) is 18.7 Å². The lowest BCUT2D eigenvalue weighted by Crippen LogP contribution is -2.33. The molecule has 17 heavy (non-hydrogen) atoms. The molecule has 0 aliphatic carbocycles. The van der Waals surface area contributed by atoms with E-state index in [1.54, 1.807) is 0 Å². The molecule has 1 saturated heterocycles. The summed E-state index contributed by atoms with van der Waals surface area (Å²) in [5.41, 5.74) is 0.911. The summed E-state index contributed by atoms with van der Waals surface area (Å²) < 4.78 is 10.6. The second-order valence-electron chi connectivity index (χ2n) is 4.14. The third-order valence-corrected chi connectivity index (χ3v) is 2.99. The molecule has 2 heterocycles. The molecule has 0 radical (unpaired) electrons. The number of ether oxygens (including phenoxy) is 2. The van der Waals surface area contributed by atoms with Crippen LogP contribution in [0.15, 0.2) is 18.2 Å². The molecule has 2 aliphatic rings. The molecular weight excluding hydrogens is 220 g/mol. The summed E-state index contributed by atoms with van der Waals surface area (Å²) in [7, 11) is 0. The Labute approximate surface area is 99.1 Å². The van der Waals surface area contributed by atoms with E-state index in [4.69, 9.17) is 9.47 Å². The number of hydrogen-bond donors (Lipinski definition) is 2. The average molecular weight is 234 g/mol. The van der Waals surface area contributed by atoms with Crippen LogP contribution in [0.2, 0.25) is 0 Å². The number of fused-ring (bicyclic) bond motifs is 1. The van der Waals surface area contributed by atoms with E-state index in [1.807, 2.05) is 18.2 Å². The van der Waals surface area contributed by atoms with Crippen LogP contribution in [0.4, 0.5) is 0 Å². The van der Waals surface area contributed by atoms with E-state index in [9.17, 15) is 4.79 Å². The minimum Gasteiger partial charge on any atom is -0.454 e. The standard InChI is InChI=1S/C12H14N2O3/c15-12-11(13-4-1-5-14-12)8-2-3-9-10(6-8)17-7-16-9/h2-3,6,11,13H,1,4-5,7H2,(H,14,15). The summed E-state index contributed by atoms with van der Waals surface area (Å²) in [5, 5.41) is 6.12. The van der Waals surface area contributed by atoms with Crippen LogP contribution in [-0.4, -0.2) is 25.8 Å². The Morgan fingerprint density at radius 3 is 3.00 bits per heavy atom. The third kappa shape index (κ3) is 1.93. The maximum atomic E-state index is 11.9. The van der Waals surface area contributed by atoms with Crippen LogP contribution >= 0.6 is 0 Å². The van der Waals surface area contributed by atoms with Crippen LogP contribution < -0.4 is 20.1 Å². The van der Waals surface area contributed by atoms with Crippen LogP contribution in [0.5, 0.6) is 11.5 Å². The fourth-order valence-electron chi connectivity index (χ4n) is 2.10. The molecule has 0 spiro atoms. The summed E-state index contributed by atoms with van der Waals surface area (Å²) in [4.78, 5) is 11.9. The first kappa shape index (κ1) is 10.4. The Balaban J connectivity index is 1.89. The molecule has 5 heteroatoms. The molecule has 1 unspecified atom stereocenters. The van der Waals surface area contributed by atoms with Gasteiger partial charge in [-0.15, -0.1) is 0 Å². The molecule has 1 aromatic carbocycles. The first-order valence-electron chi connectivity index (χ1n) is 5.75. The summed E-state index contributed by atoms with van der Waals surface area (Å²) in [6.07, 6.45) is 0.951. The van der Waals surface area contributed by atoms with Gasteiger partial charge in [-0.2, -0.15) is 0 Å². The van der Waals surface area contributed by atoms with Gasteiger partial charge in [0.25, 0.3) is 0 Å². The number of carbonyl (C=O) groups is 1. The maximum Gasteiger partial charge on any atom is 0.241 e. The molecule has 1 atom stereocenters. The summed E-state index contributed by atoms with van der Waals surface area (Å²) in [5.74, 6) is 1.46. The second kappa shape index (κ2) is 4.25. The minimum absolute atomic E-state index is 0.0152. The van der Waals surface area contributed by atoms with Crippen LogP contribution in [0.25, 0.3) is 0 Å². The SMILES string of the molecule is O=C1NCCCNC1c1ccc2c(c1)OCO2. The molecule has 90 valence electrons. The van der Waals surface area contributed by atoms with Gasteiger partial charge in [0.05, 0.1) is 0 Å². The van der Waals surface area contributed by atoms with Crippen molar-refractivity contribution in [2.45, 2.75) is 12.5 Å². The van der Waals surface area contributed by atoms with Crippen molar-refractivity contribution >= 4 is 5.91 Å². The third-order valence-electron chi connectivity index (χ3n) is 2.99. The number of hydrogen-bond acceptors (Lipinski definition) is 4. The van der Waals surface area contributed by atoms with Crippen molar-refractivity contribution in [1.82, 2.24) is 10.6 Å². The van der Waals surface area contributed by atoms with Crippen molar-refractivity contribution < 1.29 is 14.3 Å². The van der Waals surface area contributed by atoms with Gasteiger partial charge in [0.2, 0.25) is 12.7 Å². The van der Waals surface area contributed by atoms with E-state index in [0.29, 0.717) is 5.75 Å². The fraction of sp³-hybridized carbons (Fsp3) is 0.417. The quantitative estimate of drug-likeness (QED) is 0.745. The highest BCUT2D eigenvalue weighted by Crippen LogP contribution is 2.34. The monoisotopic (exact) mass is 234 g/mol. The zero-order valence-electron chi connectivity index (χ0n) is 9.36. The van der Waals surface area contributed by atoms with Gasteiger partial charge in [0, 0.05) is 6.54 Å². The molecule has 0 bridgehead atoms. The van der Waals surface area contributed by atoms with Gasteiger partial charge in [0.1, 0.15) is 6.04 Å². The highest BCUT2D eigenvalue weighted by molar-refractivity contribution is 5.83. The molecule has 1 fully saturated rings. The van der Waals surface area contributed by atoms with Gasteiger partial charge in [-0.05, 0) is 30.7 Å². The Bertz CT molecular complexity index is 447. The number of rotatable bonds is 1. The first-order valence-corrected chi connectivity index (χ1v) is 5.75. The molecule has 3 rings (SSSR count). The van der Waals surface area contributed by atoms with Crippen molar-refractivity contribution in [3.8, 4) is 11.5 Å². The maximum absolute atomic E-state index is 11.9. The molecule has 0 aromatic heterocycles. The van der Waals surface area contributed by atoms with E-state index in [0.717, 1.165) is 30.8 Å². The van der Waals surface area contributed by atoms with Crippen molar-refractivity contribution in [1.29, 1.82) is 0 Å². The number of nitrogens with one attached hydrogen (secondary N) is 2. The summed E-state index contributed by atoms with van der Waals surface area (Å²) in [6, 6.07) is 5.31. The highest BCUT2D eigenvalue weighted by atomic mass is 16.7. The van der Waals surface area contributed by atoms with Crippen molar-refractivity contribution in [3.63, 3.8) is 0 Å². The largest absolute Gasteiger partial charge is 0.454 e. The molecule has 1 amide bonds. The van der Waals surface area contributed by atoms with Gasteiger partial charge in [-0.25, -0.2) is 0 Å². The first-order chi connectivity index (χ1) is 8.34. The Kier molecular flexibility index (Phi) is 2.60. The lowest BCUT2D eigenvalue weighted by atomic mass is 10.1. The van der Waals surface area contributed by atoms with E-state index < -0.39 is 0 Å². The topological polar surface area (TPSA) is 59.6 Å². The summed E-state index contributed by atoms with van der Waals surface area (Å²) in [6.45, 7) is 1.81. The van der Waals surface area contributed by atoms with E-state index in [2.05, 4.69) is 10.6 Å². The number of amides is 1. The average Bonchev–Trinajstić information content (AvgIpc) is 2.70. The Morgan fingerprint density at radius 1 is 1.18 bits per heavy atom. The molecule has 2 aliphatic heterocycles. The van der Waals surface area contributed by atoms with Gasteiger partial charge < -0.3 is 20.1 Å². The molecular formula is C12H14N2O3. The molecule has 2 N–H and O–H groups in total. The van der Waals surface area contributed by atoms with Gasteiger partial charge in [-0.3, -0.25) is 4.79 Å². The van der Waals surface area contributed by atoms with Gasteiger partial charge in [0.15, 0.2) is 11.5 Å². The second-order valence-corrected chi connectivity index (χ2v) is 4.14. The number of carbonyl (C=O) groups excluding carboxylic acids is 1. The van der Waals surface area contributed by atoms with Crippen LogP contribution in [0.1, 0.15) is 18.0 Å². The van der Waals surface area contributed by atoms with E-state index >= 15 is 0 Å². The predicted molar refractivity (Wildman–Crippen MR) is 60.9 cm³/mol. The van der Waals surface area contributed by atoms with Crippen molar-refractivity contribution in [2.75, 3.05) is 19.9 Å². The molecule has 0 saturated carbocycles. The highest BCUT2D eigenvalue weighted by Gasteiger charge is 2.24. The van der Waals surface area contributed by atoms with Gasteiger partial charge >= 0.3 is 0 Å². The van der Waals surface area contributed by atoms with Crippen LogP contribution in [0, 0.1) is 0 Å². The predicted octanol–water partition coefficient (Wildman–Crippen LogP) is 0.566. The Hall–Kier alpha value is -1.75. The minimum atomic E-state index is -0.299. The van der Waals surface area contributed by atoms with Crippen molar-refractivity contribution in [3.05, 3.63) is 23.8 Å². The van der Waals surface area contributed by atoms with Gasteiger partial charge in [-0.1, -0.05) is 6.07 Å². The van der Waals surface area contributed by atoms with Crippen molar-refractivity contribution in [2.24, 2.45) is 0 Å². The van der Waals surface area contributed by atoms with Crippen LogP contribution in [-0.2, 0) is 4.79 Å². The number of benzene rings is 1. The van der Waals surface area contributed by atoms with Crippen LogP contribution in [0.3, 0.4) is 0 Å². The molecule has 1 aromatic rings. The fourth-order valence-corrected chi connectivity index (χ4v) is 2.10. The zero-order valence-corrected chi connectivity index (χ0v) is 9.36. The smallest absolute Gasteiger partial charge is 0.241 e. The zero-order chi connectivity index (χ0) is 11.7. The summed E-state index contributed by atoms with van der Waals surface area (Å²) >= 11 is 0. The van der Waals surface area contributed by atoms with E-state index in [1.165, 1.54) is 0 Å². The normalized spacial score (nSPS) is 23.1. The lowest BCUT2D eigenvalue weighted by Gasteiger charge is -2.15. The lowest BCUT2D eigenvalue weighted by molar-refractivity contribution is -0.122. The molecule has 5 nitrogen and oxygen atoms in total. The Morgan fingerprint density at radius 2 is 2.06 bits per heavy atom.